The molecule has 0 saturated carbocycles. The van der Waals surface area contributed by atoms with Gasteiger partial charge >= 0.3 is 0 Å². The molecular formula is C8H5N3S. The average molecular weight is 175 g/mol. The van der Waals surface area contributed by atoms with Crippen LogP contribution in [-0.4, -0.2) is 10.2 Å². The lowest BCUT2D eigenvalue weighted by Crippen LogP contribution is -1.76. The van der Waals surface area contributed by atoms with Crippen molar-refractivity contribution in [2.45, 2.75) is 0 Å². The minimum atomic E-state index is 0.698. The van der Waals surface area contributed by atoms with Crippen molar-refractivity contribution in [3.8, 4) is 16.6 Å². The molecule has 0 spiro atoms. The summed E-state index contributed by atoms with van der Waals surface area (Å²) in [5.41, 5.74) is 1.60. The molecule has 0 aliphatic heterocycles. The minimum absolute atomic E-state index is 0.698. The van der Waals surface area contributed by atoms with Gasteiger partial charge < -0.3 is 0 Å². The van der Waals surface area contributed by atoms with Gasteiger partial charge in [-0.15, -0.1) is 11.3 Å². The standard InChI is InChI=1S/C8H5N3S/c9-5-6-2-4-12-8(6)7-1-3-10-11-7/h1-4H,(H,10,11). The Balaban J connectivity index is 2.55. The van der Waals surface area contributed by atoms with Gasteiger partial charge in [0.05, 0.1) is 16.1 Å². The molecule has 0 radical (unpaired) electrons. The number of hydrogen-bond donors (Lipinski definition) is 1. The Kier molecular flexibility index (Phi) is 1.65. The van der Waals surface area contributed by atoms with Gasteiger partial charge in [-0.2, -0.15) is 10.4 Å². The first-order chi connectivity index (χ1) is 5.92. The maximum absolute atomic E-state index is 8.73. The summed E-state index contributed by atoms with van der Waals surface area (Å²) in [7, 11) is 0. The number of nitrogens with one attached hydrogen (secondary N) is 1. The van der Waals surface area contributed by atoms with Crippen LogP contribution in [0.15, 0.2) is 23.7 Å². The van der Waals surface area contributed by atoms with Crippen LogP contribution in [0.2, 0.25) is 0 Å². The quantitative estimate of drug-likeness (QED) is 0.720. The fraction of sp³-hybridized carbons (Fsp3) is 0. The second-order valence-corrected chi connectivity index (χ2v) is 3.16. The smallest absolute Gasteiger partial charge is 0.101 e. The van der Waals surface area contributed by atoms with E-state index in [0.717, 1.165) is 10.6 Å². The van der Waals surface area contributed by atoms with Crippen LogP contribution < -0.4 is 0 Å². The number of hydrogen-bond acceptors (Lipinski definition) is 3. The van der Waals surface area contributed by atoms with Crippen LogP contribution in [0.1, 0.15) is 5.56 Å². The van der Waals surface area contributed by atoms with Gasteiger partial charge in [-0.25, -0.2) is 0 Å². The zero-order valence-corrected chi connectivity index (χ0v) is 6.93. The largest absolute Gasteiger partial charge is 0.277 e. The second kappa shape index (κ2) is 2.80. The highest BCUT2D eigenvalue weighted by Gasteiger charge is 2.06. The highest BCUT2D eigenvalue weighted by molar-refractivity contribution is 7.13. The molecule has 12 heavy (non-hydrogen) atoms. The molecule has 2 aromatic heterocycles. The summed E-state index contributed by atoms with van der Waals surface area (Å²) in [6, 6.07) is 5.79. The van der Waals surface area contributed by atoms with Crippen molar-refractivity contribution in [3.63, 3.8) is 0 Å². The van der Waals surface area contributed by atoms with Crippen molar-refractivity contribution in [2.75, 3.05) is 0 Å². The molecule has 1 N–H and O–H groups in total. The molecule has 2 rings (SSSR count). The first-order valence-electron chi connectivity index (χ1n) is 3.39. The van der Waals surface area contributed by atoms with E-state index in [1.54, 1.807) is 12.3 Å². The van der Waals surface area contributed by atoms with E-state index in [-0.39, 0.29) is 0 Å². The Hall–Kier alpha value is -1.60. The molecular weight excluding hydrogens is 170 g/mol. The summed E-state index contributed by atoms with van der Waals surface area (Å²) in [4.78, 5) is 0.954. The molecule has 0 fully saturated rings. The van der Waals surface area contributed by atoms with E-state index in [9.17, 15) is 0 Å². The third-order valence-electron chi connectivity index (χ3n) is 1.53. The number of aromatic amines is 1. The first-order valence-corrected chi connectivity index (χ1v) is 4.27. The van der Waals surface area contributed by atoms with Crippen molar-refractivity contribution < 1.29 is 0 Å². The summed E-state index contributed by atoms with van der Waals surface area (Å²) >= 11 is 1.54. The predicted molar refractivity (Wildman–Crippen MR) is 46.6 cm³/mol. The van der Waals surface area contributed by atoms with Crippen molar-refractivity contribution >= 4 is 11.3 Å². The SMILES string of the molecule is N#Cc1ccsc1-c1ccn[nH]1. The summed E-state index contributed by atoms with van der Waals surface area (Å²) in [5.74, 6) is 0. The minimum Gasteiger partial charge on any atom is -0.277 e. The van der Waals surface area contributed by atoms with Gasteiger partial charge in [0.15, 0.2) is 0 Å². The number of thiophene rings is 1. The lowest BCUT2D eigenvalue weighted by Gasteiger charge is -1.89. The Morgan fingerprint density at radius 1 is 1.50 bits per heavy atom. The van der Waals surface area contributed by atoms with E-state index in [1.165, 1.54) is 11.3 Å². The van der Waals surface area contributed by atoms with Gasteiger partial charge in [-0.05, 0) is 17.5 Å². The summed E-state index contributed by atoms with van der Waals surface area (Å²) in [6.07, 6.45) is 1.68. The van der Waals surface area contributed by atoms with Crippen LogP contribution in [0.4, 0.5) is 0 Å². The predicted octanol–water partition coefficient (Wildman–Crippen LogP) is 2.01. The lowest BCUT2D eigenvalue weighted by atomic mass is 10.2. The lowest BCUT2D eigenvalue weighted by molar-refractivity contribution is 1.10. The second-order valence-electron chi connectivity index (χ2n) is 2.25. The third-order valence-corrected chi connectivity index (χ3v) is 2.48. The molecule has 0 amide bonds. The van der Waals surface area contributed by atoms with E-state index >= 15 is 0 Å². The topological polar surface area (TPSA) is 52.5 Å². The first kappa shape index (κ1) is 7.07. The van der Waals surface area contributed by atoms with Crippen molar-refractivity contribution in [1.29, 1.82) is 5.26 Å². The molecule has 58 valence electrons. The molecule has 2 aromatic rings. The molecule has 4 heteroatoms. The number of rotatable bonds is 1. The summed E-state index contributed by atoms with van der Waals surface area (Å²) in [6.45, 7) is 0. The van der Waals surface area contributed by atoms with E-state index in [4.69, 9.17) is 5.26 Å². The van der Waals surface area contributed by atoms with Gasteiger partial charge in [0.25, 0.3) is 0 Å². The Bertz CT molecular complexity index is 408. The zero-order chi connectivity index (χ0) is 8.39. The normalized spacial score (nSPS) is 9.58. The van der Waals surface area contributed by atoms with Crippen LogP contribution in [0.5, 0.6) is 0 Å². The van der Waals surface area contributed by atoms with E-state index in [0.29, 0.717) is 5.56 Å². The van der Waals surface area contributed by atoms with Crippen LogP contribution in [0.25, 0.3) is 10.6 Å². The Morgan fingerprint density at radius 3 is 3.08 bits per heavy atom. The maximum Gasteiger partial charge on any atom is 0.101 e. The van der Waals surface area contributed by atoms with Crippen LogP contribution in [0.3, 0.4) is 0 Å². The summed E-state index contributed by atoms with van der Waals surface area (Å²) < 4.78 is 0. The van der Waals surface area contributed by atoms with Crippen LogP contribution in [-0.2, 0) is 0 Å². The van der Waals surface area contributed by atoms with Gasteiger partial charge in [0.1, 0.15) is 6.07 Å². The van der Waals surface area contributed by atoms with Crippen LogP contribution in [0, 0.1) is 11.3 Å². The van der Waals surface area contributed by atoms with E-state index < -0.39 is 0 Å². The zero-order valence-electron chi connectivity index (χ0n) is 6.11. The molecule has 0 unspecified atom stereocenters. The molecule has 0 saturated heterocycles. The fourth-order valence-electron chi connectivity index (χ4n) is 0.988. The monoisotopic (exact) mass is 175 g/mol. The molecule has 0 aliphatic rings. The van der Waals surface area contributed by atoms with Crippen LogP contribution >= 0.6 is 11.3 Å². The average Bonchev–Trinajstić information content (AvgIpc) is 2.74. The highest BCUT2D eigenvalue weighted by Crippen LogP contribution is 2.26. The molecule has 0 atom stereocenters. The molecule has 0 bridgehead atoms. The van der Waals surface area contributed by atoms with Gasteiger partial charge in [-0.1, -0.05) is 0 Å². The molecule has 2 heterocycles. The summed E-state index contributed by atoms with van der Waals surface area (Å²) in [5, 5.41) is 17.3. The fourth-order valence-corrected chi connectivity index (χ4v) is 1.81. The van der Waals surface area contributed by atoms with Gasteiger partial charge in [-0.3, -0.25) is 5.10 Å². The molecule has 0 aromatic carbocycles. The van der Waals surface area contributed by atoms with E-state index in [2.05, 4.69) is 16.3 Å². The highest BCUT2D eigenvalue weighted by atomic mass is 32.1. The number of H-pyrrole nitrogens is 1. The van der Waals surface area contributed by atoms with Crippen molar-refractivity contribution in [1.82, 2.24) is 10.2 Å². The van der Waals surface area contributed by atoms with Gasteiger partial charge in [0.2, 0.25) is 0 Å². The molecule has 3 nitrogen and oxygen atoms in total. The van der Waals surface area contributed by atoms with E-state index in [1.807, 2.05) is 11.4 Å². The van der Waals surface area contributed by atoms with Gasteiger partial charge in [0, 0.05) is 6.20 Å². The number of nitrogens with zero attached hydrogens (tertiary/aromatic N) is 2. The molecule has 0 aliphatic carbocycles. The Morgan fingerprint density at radius 2 is 2.42 bits per heavy atom. The third kappa shape index (κ3) is 1.00. The van der Waals surface area contributed by atoms with Crippen molar-refractivity contribution in [2.24, 2.45) is 0 Å². The maximum atomic E-state index is 8.73. The number of aromatic nitrogens is 2. The van der Waals surface area contributed by atoms with Crippen molar-refractivity contribution in [3.05, 3.63) is 29.3 Å². The number of nitriles is 1. The Labute approximate surface area is 73.3 Å².